The van der Waals surface area contributed by atoms with Gasteiger partial charge in [0.15, 0.2) is 0 Å². The van der Waals surface area contributed by atoms with Gasteiger partial charge >= 0.3 is 0 Å². The fraction of sp³-hybridized carbons (Fsp3) is 0.583. The van der Waals surface area contributed by atoms with E-state index in [1.54, 1.807) is 0 Å². The maximum atomic E-state index is 4.23. The molecule has 1 heterocycles. The molecule has 0 aromatic carbocycles. The zero-order valence-corrected chi connectivity index (χ0v) is 9.75. The monoisotopic (exact) mass is 205 g/mol. The summed E-state index contributed by atoms with van der Waals surface area (Å²) in [5.74, 6) is 0. The summed E-state index contributed by atoms with van der Waals surface area (Å²) in [6.07, 6.45) is 6.84. The molecule has 1 aromatic heterocycles. The summed E-state index contributed by atoms with van der Waals surface area (Å²) in [5.41, 5.74) is 3.83. The zero-order valence-electron chi connectivity index (χ0n) is 9.75. The Hall–Kier alpha value is -1.09. The van der Waals surface area contributed by atoms with Gasteiger partial charge in [-0.3, -0.25) is 4.68 Å². The van der Waals surface area contributed by atoms with E-state index in [-0.39, 0.29) is 0 Å². The van der Waals surface area contributed by atoms with E-state index < -0.39 is 0 Å². The largest absolute Gasteiger partial charge is 0.310 e. The smallest absolute Gasteiger partial charge is 0.0564 e. The van der Waals surface area contributed by atoms with Crippen molar-refractivity contribution in [1.82, 2.24) is 15.1 Å². The molecule has 0 spiro atoms. The van der Waals surface area contributed by atoms with Gasteiger partial charge in [-0.05, 0) is 26.7 Å². The second-order valence-electron chi connectivity index (χ2n) is 4.45. The number of aryl methyl sites for hydroxylation is 1. The SMILES string of the molecule is CC(=Cc1cnn(C)c1C)CNC1CC1. The van der Waals surface area contributed by atoms with Crippen molar-refractivity contribution in [2.45, 2.75) is 32.7 Å². The fourth-order valence-corrected chi connectivity index (χ4v) is 1.57. The lowest BCUT2D eigenvalue weighted by Crippen LogP contribution is -2.18. The van der Waals surface area contributed by atoms with Crippen molar-refractivity contribution in [3.05, 3.63) is 23.0 Å². The molecule has 1 aliphatic rings. The molecule has 1 fully saturated rings. The van der Waals surface area contributed by atoms with Crippen LogP contribution in [0.25, 0.3) is 6.08 Å². The van der Waals surface area contributed by atoms with Gasteiger partial charge in [-0.15, -0.1) is 0 Å². The molecular weight excluding hydrogens is 186 g/mol. The van der Waals surface area contributed by atoms with Gasteiger partial charge in [-0.2, -0.15) is 5.10 Å². The highest BCUT2D eigenvalue weighted by molar-refractivity contribution is 5.54. The highest BCUT2D eigenvalue weighted by Gasteiger charge is 2.19. The lowest BCUT2D eigenvalue weighted by atomic mass is 10.2. The molecular formula is C12H19N3. The van der Waals surface area contributed by atoms with E-state index in [1.807, 2.05) is 17.9 Å². The topological polar surface area (TPSA) is 29.9 Å². The number of hydrogen-bond donors (Lipinski definition) is 1. The second kappa shape index (κ2) is 4.19. The van der Waals surface area contributed by atoms with E-state index in [2.05, 4.69) is 30.3 Å². The Kier molecular flexibility index (Phi) is 2.91. The Labute approximate surface area is 91.2 Å². The van der Waals surface area contributed by atoms with E-state index >= 15 is 0 Å². The Morgan fingerprint density at radius 1 is 1.67 bits per heavy atom. The summed E-state index contributed by atoms with van der Waals surface area (Å²) in [4.78, 5) is 0. The molecule has 3 heteroatoms. The number of rotatable bonds is 4. The summed E-state index contributed by atoms with van der Waals surface area (Å²) in [6, 6.07) is 0.781. The van der Waals surface area contributed by atoms with Crippen LogP contribution >= 0.6 is 0 Å². The third-order valence-corrected chi connectivity index (χ3v) is 2.92. The minimum Gasteiger partial charge on any atom is -0.310 e. The first-order chi connectivity index (χ1) is 7.16. The van der Waals surface area contributed by atoms with Crippen LogP contribution in [0.4, 0.5) is 0 Å². The lowest BCUT2D eigenvalue weighted by molar-refractivity contribution is 0.735. The Balaban J connectivity index is 1.97. The van der Waals surface area contributed by atoms with Crippen LogP contribution in [-0.4, -0.2) is 22.4 Å². The molecule has 0 atom stereocenters. The van der Waals surface area contributed by atoms with Gasteiger partial charge in [0.2, 0.25) is 0 Å². The van der Waals surface area contributed by atoms with Gasteiger partial charge in [0.05, 0.1) is 6.20 Å². The molecule has 0 bridgehead atoms. The first-order valence-corrected chi connectivity index (χ1v) is 5.56. The van der Waals surface area contributed by atoms with Gasteiger partial charge in [-0.1, -0.05) is 11.6 Å². The van der Waals surface area contributed by atoms with Crippen molar-refractivity contribution in [1.29, 1.82) is 0 Å². The molecule has 0 unspecified atom stereocenters. The molecule has 15 heavy (non-hydrogen) atoms. The van der Waals surface area contributed by atoms with Crippen molar-refractivity contribution in [3.8, 4) is 0 Å². The highest BCUT2D eigenvalue weighted by atomic mass is 15.3. The first-order valence-electron chi connectivity index (χ1n) is 5.56. The predicted octanol–water partition coefficient (Wildman–Crippen LogP) is 1.88. The van der Waals surface area contributed by atoms with Crippen LogP contribution in [0.2, 0.25) is 0 Å². The van der Waals surface area contributed by atoms with Crippen LogP contribution in [0, 0.1) is 6.92 Å². The second-order valence-corrected chi connectivity index (χ2v) is 4.45. The molecule has 1 aromatic rings. The minimum atomic E-state index is 0.781. The summed E-state index contributed by atoms with van der Waals surface area (Å²) < 4.78 is 1.91. The maximum Gasteiger partial charge on any atom is 0.0564 e. The van der Waals surface area contributed by atoms with Crippen LogP contribution < -0.4 is 5.32 Å². The van der Waals surface area contributed by atoms with Crippen LogP contribution in [0.3, 0.4) is 0 Å². The third kappa shape index (κ3) is 2.69. The summed E-state index contributed by atoms with van der Waals surface area (Å²) in [6.45, 7) is 5.27. The van der Waals surface area contributed by atoms with Crippen LogP contribution in [0.15, 0.2) is 11.8 Å². The zero-order chi connectivity index (χ0) is 10.8. The molecule has 1 aliphatic carbocycles. The molecule has 0 aliphatic heterocycles. The van der Waals surface area contributed by atoms with Crippen LogP contribution in [0.5, 0.6) is 0 Å². The predicted molar refractivity (Wildman–Crippen MR) is 62.6 cm³/mol. The number of aromatic nitrogens is 2. The van der Waals surface area contributed by atoms with Crippen molar-refractivity contribution < 1.29 is 0 Å². The standard InChI is InChI=1S/C12H19N3/c1-9(7-13-12-4-5-12)6-11-8-14-15(3)10(11)2/h6,8,12-13H,4-5,7H2,1-3H3. The summed E-state index contributed by atoms with van der Waals surface area (Å²) in [5, 5.41) is 7.74. The van der Waals surface area contributed by atoms with Gasteiger partial charge in [0.1, 0.15) is 0 Å². The van der Waals surface area contributed by atoms with Gasteiger partial charge < -0.3 is 5.32 Å². The summed E-state index contributed by atoms with van der Waals surface area (Å²) in [7, 11) is 1.98. The Bertz CT molecular complexity index is 372. The van der Waals surface area contributed by atoms with E-state index in [0.29, 0.717) is 0 Å². The van der Waals surface area contributed by atoms with E-state index in [0.717, 1.165) is 12.6 Å². The fourth-order valence-electron chi connectivity index (χ4n) is 1.57. The number of hydrogen-bond acceptors (Lipinski definition) is 2. The Morgan fingerprint density at radius 2 is 2.40 bits per heavy atom. The van der Waals surface area contributed by atoms with E-state index in [1.165, 1.54) is 29.7 Å². The highest BCUT2D eigenvalue weighted by Crippen LogP contribution is 2.19. The molecule has 0 amide bonds. The van der Waals surface area contributed by atoms with Crippen molar-refractivity contribution in [2.24, 2.45) is 7.05 Å². The molecule has 2 rings (SSSR count). The first kappa shape index (κ1) is 10.4. The third-order valence-electron chi connectivity index (χ3n) is 2.92. The van der Waals surface area contributed by atoms with Crippen molar-refractivity contribution in [3.63, 3.8) is 0 Å². The van der Waals surface area contributed by atoms with Crippen molar-refractivity contribution in [2.75, 3.05) is 6.54 Å². The Morgan fingerprint density at radius 3 is 2.93 bits per heavy atom. The van der Waals surface area contributed by atoms with Crippen LogP contribution in [0.1, 0.15) is 31.0 Å². The maximum absolute atomic E-state index is 4.23. The van der Waals surface area contributed by atoms with Crippen molar-refractivity contribution >= 4 is 6.08 Å². The molecule has 0 saturated heterocycles. The summed E-state index contributed by atoms with van der Waals surface area (Å²) >= 11 is 0. The quantitative estimate of drug-likeness (QED) is 0.813. The van der Waals surface area contributed by atoms with E-state index in [4.69, 9.17) is 0 Å². The lowest BCUT2D eigenvalue weighted by Gasteiger charge is -2.02. The molecule has 0 radical (unpaired) electrons. The normalized spacial score (nSPS) is 17.1. The van der Waals surface area contributed by atoms with Crippen LogP contribution in [-0.2, 0) is 7.05 Å². The molecule has 1 N–H and O–H groups in total. The number of nitrogens with one attached hydrogen (secondary N) is 1. The van der Waals surface area contributed by atoms with Gasteiger partial charge in [0, 0.05) is 30.9 Å². The average molecular weight is 205 g/mol. The van der Waals surface area contributed by atoms with Gasteiger partial charge in [-0.25, -0.2) is 0 Å². The van der Waals surface area contributed by atoms with Gasteiger partial charge in [0.25, 0.3) is 0 Å². The molecule has 1 saturated carbocycles. The average Bonchev–Trinajstić information content (AvgIpc) is 2.98. The molecule has 82 valence electrons. The molecule has 3 nitrogen and oxygen atoms in total. The number of nitrogens with zero attached hydrogens (tertiary/aromatic N) is 2. The minimum absolute atomic E-state index is 0.781. The van der Waals surface area contributed by atoms with E-state index in [9.17, 15) is 0 Å².